The van der Waals surface area contributed by atoms with E-state index in [1.54, 1.807) is 13.8 Å². The number of carbonyl (C=O) groups is 3. The molecule has 0 aromatic rings. The van der Waals surface area contributed by atoms with Gasteiger partial charge in [0.1, 0.15) is 6.04 Å². The Morgan fingerprint density at radius 3 is 2.11 bits per heavy atom. The summed E-state index contributed by atoms with van der Waals surface area (Å²) in [5, 5.41) is 11.6. The van der Waals surface area contributed by atoms with Crippen molar-refractivity contribution in [2.45, 2.75) is 40.2 Å². The molecule has 0 aliphatic heterocycles. The number of nitrogens with one attached hydrogen (secondary N) is 1. The summed E-state index contributed by atoms with van der Waals surface area (Å²) in [6.07, 6.45) is -0.179. The molecule has 6 nitrogen and oxygen atoms in total. The van der Waals surface area contributed by atoms with Crippen LogP contribution in [0, 0.1) is 11.3 Å². The number of hydrogen-bond acceptors (Lipinski definition) is 4. The molecule has 0 saturated heterocycles. The smallest absolute Gasteiger partial charge is 0.328 e. The Labute approximate surface area is 107 Å². The van der Waals surface area contributed by atoms with E-state index in [0.29, 0.717) is 0 Å². The maximum absolute atomic E-state index is 11.7. The summed E-state index contributed by atoms with van der Waals surface area (Å²) in [7, 11) is 1.22. The Morgan fingerprint density at radius 2 is 1.78 bits per heavy atom. The van der Waals surface area contributed by atoms with Crippen LogP contribution in [0.15, 0.2) is 0 Å². The van der Waals surface area contributed by atoms with Gasteiger partial charge in [-0.2, -0.15) is 0 Å². The molecule has 18 heavy (non-hydrogen) atoms. The Morgan fingerprint density at radius 1 is 1.28 bits per heavy atom. The second kappa shape index (κ2) is 6.37. The van der Waals surface area contributed by atoms with Crippen LogP contribution in [0.4, 0.5) is 0 Å². The van der Waals surface area contributed by atoms with Crippen molar-refractivity contribution in [2.24, 2.45) is 11.3 Å². The second-order valence-electron chi connectivity index (χ2n) is 4.87. The lowest BCUT2D eigenvalue weighted by Gasteiger charge is -2.28. The van der Waals surface area contributed by atoms with E-state index < -0.39 is 29.3 Å². The van der Waals surface area contributed by atoms with Crippen molar-refractivity contribution in [2.75, 3.05) is 7.11 Å². The van der Waals surface area contributed by atoms with E-state index in [1.807, 2.05) is 0 Å². The third kappa shape index (κ3) is 4.01. The van der Waals surface area contributed by atoms with Crippen LogP contribution in [0.1, 0.15) is 34.1 Å². The number of ether oxygens (including phenoxy) is 1. The van der Waals surface area contributed by atoms with Gasteiger partial charge >= 0.3 is 11.9 Å². The Balaban J connectivity index is 4.64. The van der Waals surface area contributed by atoms with Crippen LogP contribution in [0.25, 0.3) is 0 Å². The van der Waals surface area contributed by atoms with Gasteiger partial charge in [-0.25, -0.2) is 4.79 Å². The zero-order valence-corrected chi connectivity index (χ0v) is 11.4. The number of rotatable bonds is 6. The van der Waals surface area contributed by atoms with E-state index >= 15 is 0 Å². The number of hydrogen-bond donors (Lipinski definition) is 2. The molecule has 2 atom stereocenters. The van der Waals surface area contributed by atoms with Crippen molar-refractivity contribution in [3.05, 3.63) is 0 Å². The minimum atomic E-state index is -1.15. The highest BCUT2D eigenvalue weighted by Gasteiger charge is 2.39. The largest absolute Gasteiger partial charge is 0.481 e. The Hall–Kier alpha value is -1.59. The number of methoxy groups -OCH3 is 1. The van der Waals surface area contributed by atoms with Gasteiger partial charge in [-0.15, -0.1) is 0 Å². The van der Waals surface area contributed by atoms with E-state index in [4.69, 9.17) is 5.11 Å². The molecule has 2 unspecified atom stereocenters. The van der Waals surface area contributed by atoms with Crippen LogP contribution in [-0.4, -0.2) is 36.1 Å². The summed E-state index contributed by atoms with van der Waals surface area (Å²) in [6, 6.07) is -0.785. The van der Waals surface area contributed by atoms with Gasteiger partial charge in [-0.05, 0) is 19.8 Å². The van der Waals surface area contributed by atoms with Gasteiger partial charge in [0.15, 0.2) is 0 Å². The van der Waals surface area contributed by atoms with Crippen molar-refractivity contribution in [3.8, 4) is 0 Å². The summed E-state index contributed by atoms with van der Waals surface area (Å²) in [4.78, 5) is 34.0. The fourth-order valence-corrected chi connectivity index (χ4v) is 1.39. The summed E-state index contributed by atoms with van der Waals surface area (Å²) >= 11 is 0. The van der Waals surface area contributed by atoms with Crippen molar-refractivity contribution in [3.63, 3.8) is 0 Å². The summed E-state index contributed by atoms with van der Waals surface area (Å²) in [5.41, 5.74) is -1.15. The Bertz CT molecular complexity index is 339. The lowest BCUT2D eigenvalue weighted by Crippen LogP contribution is -2.44. The maximum atomic E-state index is 11.7. The molecule has 104 valence electrons. The predicted molar refractivity (Wildman–Crippen MR) is 64.8 cm³/mol. The molecule has 1 amide bonds. The first-order valence-corrected chi connectivity index (χ1v) is 5.75. The molecular formula is C12H21NO5. The van der Waals surface area contributed by atoms with E-state index in [9.17, 15) is 14.4 Å². The molecule has 6 heteroatoms. The van der Waals surface area contributed by atoms with Crippen LogP contribution in [0.3, 0.4) is 0 Å². The van der Waals surface area contributed by atoms with Crippen molar-refractivity contribution < 1.29 is 24.2 Å². The number of esters is 1. The molecule has 0 aliphatic carbocycles. The topological polar surface area (TPSA) is 92.7 Å². The molecule has 0 aromatic heterocycles. The van der Waals surface area contributed by atoms with Gasteiger partial charge in [0, 0.05) is 6.42 Å². The normalized spacial score (nSPS) is 15.7. The summed E-state index contributed by atoms with van der Waals surface area (Å²) < 4.78 is 4.47. The van der Waals surface area contributed by atoms with Gasteiger partial charge in [0.05, 0.1) is 12.5 Å². The molecule has 0 spiro atoms. The van der Waals surface area contributed by atoms with Crippen LogP contribution >= 0.6 is 0 Å². The highest BCUT2D eigenvalue weighted by Crippen LogP contribution is 2.31. The zero-order chi connectivity index (χ0) is 14.5. The predicted octanol–water partition coefficient (Wildman–Crippen LogP) is 0.801. The molecular weight excluding hydrogens is 238 g/mol. The number of carboxylic acids is 1. The third-order valence-electron chi connectivity index (χ3n) is 3.22. The number of carbonyl (C=O) groups excluding carboxylic acids is 2. The van der Waals surface area contributed by atoms with Crippen LogP contribution in [-0.2, 0) is 19.1 Å². The van der Waals surface area contributed by atoms with Gasteiger partial charge < -0.3 is 15.2 Å². The Kier molecular flexibility index (Phi) is 5.81. The first-order valence-electron chi connectivity index (χ1n) is 5.75. The first kappa shape index (κ1) is 16.4. The molecule has 0 aromatic carbocycles. The SMILES string of the molecule is COC(=O)C(C)NC(=O)CC(C)(C(=O)O)C(C)C. The number of aliphatic carboxylic acids is 1. The molecule has 2 N–H and O–H groups in total. The summed E-state index contributed by atoms with van der Waals surface area (Å²) in [6.45, 7) is 6.48. The van der Waals surface area contributed by atoms with Gasteiger partial charge in [0.2, 0.25) is 5.91 Å². The minimum absolute atomic E-state index is 0.179. The average Bonchev–Trinajstić information content (AvgIpc) is 2.26. The first-order chi connectivity index (χ1) is 8.15. The lowest BCUT2D eigenvalue weighted by atomic mass is 9.76. The van der Waals surface area contributed by atoms with Crippen LogP contribution < -0.4 is 5.32 Å². The number of carboxylic acid groups (broad SMARTS) is 1. The van der Waals surface area contributed by atoms with Gasteiger partial charge in [-0.3, -0.25) is 9.59 Å². The molecule has 0 aliphatic rings. The van der Waals surface area contributed by atoms with Crippen molar-refractivity contribution in [1.82, 2.24) is 5.32 Å². The van der Waals surface area contributed by atoms with E-state index in [-0.39, 0.29) is 12.3 Å². The lowest BCUT2D eigenvalue weighted by molar-refractivity contribution is -0.154. The van der Waals surface area contributed by atoms with E-state index in [1.165, 1.54) is 21.0 Å². The molecule has 0 bridgehead atoms. The molecule has 0 heterocycles. The second-order valence-corrected chi connectivity index (χ2v) is 4.87. The zero-order valence-electron chi connectivity index (χ0n) is 11.4. The highest BCUT2D eigenvalue weighted by atomic mass is 16.5. The molecule has 0 fully saturated rings. The monoisotopic (exact) mass is 259 g/mol. The van der Waals surface area contributed by atoms with E-state index in [2.05, 4.69) is 10.1 Å². The highest BCUT2D eigenvalue weighted by molar-refractivity contribution is 5.88. The maximum Gasteiger partial charge on any atom is 0.328 e. The third-order valence-corrected chi connectivity index (χ3v) is 3.22. The van der Waals surface area contributed by atoms with Gasteiger partial charge in [-0.1, -0.05) is 13.8 Å². The minimum Gasteiger partial charge on any atom is -0.481 e. The molecule has 0 radical (unpaired) electrons. The van der Waals surface area contributed by atoms with Crippen molar-refractivity contribution >= 4 is 17.8 Å². The fraction of sp³-hybridized carbons (Fsp3) is 0.750. The van der Waals surface area contributed by atoms with Crippen molar-refractivity contribution in [1.29, 1.82) is 0 Å². The van der Waals surface area contributed by atoms with E-state index in [0.717, 1.165) is 0 Å². The molecule has 0 rings (SSSR count). The fourth-order valence-electron chi connectivity index (χ4n) is 1.39. The summed E-state index contributed by atoms with van der Waals surface area (Å²) in [5.74, 6) is -2.27. The molecule has 0 saturated carbocycles. The number of amides is 1. The average molecular weight is 259 g/mol. The van der Waals surface area contributed by atoms with Gasteiger partial charge in [0.25, 0.3) is 0 Å². The quantitative estimate of drug-likeness (QED) is 0.688. The van der Waals surface area contributed by atoms with Crippen LogP contribution in [0.5, 0.6) is 0 Å². The standard InChI is InChI=1S/C12H21NO5/c1-7(2)12(4,11(16)17)6-9(14)13-8(3)10(15)18-5/h7-8H,6H2,1-5H3,(H,13,14)(H,16,17). The van der Waals surface area contributed by atoms with Crippen LogP contribution in [0.2, 0.25) is 0 Å².